The lowest BCUT2D eigenvalue weighted by molar-refractivity contribution is -0.141. The van der Waals surface area contributed by atoms with E-state index in [1.54, 1.807) is 4.90 Å². The molecule has 8 heteroatoms. The zero-order chi connectivity index (χ0) is 21.1. The van der Waals surface area contributed by atoms with Crippen LogP contribution in [0.1, 0.15) is 40.0 Å². The van der Waals surface area contributed by atoms with Crippen molar-refractivity contribution in [3.05, 3.63) is 58.9 Å². The number of aryl methyl sites for hydroxylation is 2. The van der Waals surface area contributed by atoms with E-state index in [1.807, 2.05) is 6.07 Å². The van der Waals surface area contributed by atoms with Crippen LogP contribution in [0, 0.1) is 0 Å². The molecule has 1 aromatic carbocycles. The summed E-state index contributed by atoms with van der Waals surface area (Å²) in [6.07, 6.45) is 0.729. The van der Waals surface area contributed by atoms with E-state index in [2.05, 4.69) is 17.1 Å². The molecule has 0 saturated carbocycles. The summed E-state index contributed by atoms with van der Waals surface area (Å²) in [6.45, 7) is 1.33. The van der Waals surface area contributed by atoms with Crippen LogP contribution in [0.2, 0.25) is 0 Å². The van der Waals surface area contributed by atoms with Gasteiger partial charge in [-0.15, -0.1) is 0 Å². The average molecular weight is 420 g/mol. The van der Waals surface area contributed by atoms with Gasteiger partial charge in [-0.05, 0) is 61.1 Å². The van der Waals surface area contributed by atoms with E-state index in [4.69, 9.17) is 9.47 Å². The molecule has 1 saturated heterocycles. The minimum atomic E-state index is -4.53. The number of aromatic nitrogens is 1. The first-order valence-corrected chi connectivity index (χ1v) is 10.1. The number of rotatable bonds is 4. The molecular weight excluding hydrogens is 397 g/mol. The Morgan fingerprint density at radius 2 is 1.97 bits per heavy atom. The monoisotopic (exact) mass is 420 g/mol. The molecule has 2 heterocycles. The maximum absolute atomic E-state index is 12.7. The molecule has 1 aromatic heterocycles. The Labute approximate surface area is 172 Å². The molecule has 0 N–H and O–H groups in total. The summed E-state index contributed by atoms with van der Waals surface area (Å²) >= 11 is 0. The van der Waals surface area contributed by atoms with Crippen LogP contribution in [-0.2, 0) is 23.8 Å². The van der Waals surface area contributed by atoms with E-state index in [9.17, 15) is 18.0 Å². The fraction of sp³-hybridized carbons (Fsp3) is 0.455. The summed E-state index contributed by atoms with van der Waals surface area (Å²) in [5.41, 5.74) is 1.82. The minimum absolute atomic E-state index is 0.124. The third-order valence-electron chi connectivity index (χ3n) is 5.48. The fourth-order valence-corrected chi connectivity index (χ4v) is 3.86. The Bertz CT molecular complexity index is 899. The van der Waals surface area contributed by atoms with E-state index < -0.39 is 11.9 Å². The highest BCUT2D eigenvalue weighted by molar-refractivity contribution is 5.94. The molecule has 2 aliphatic rings. The number of hydrogen-bond donors (Lipinski definition) is 0. The number of halogens is 3. The molecule has 160 valence electrons. The van der Waals surface area contributed by atoms with Crippen LogP contribution in [0.3, 0.4) is 0 Å². The normalized spacial score (nSPS) is 19.3. The van der Waals surface area contributed by atoms with Gasteiger partial charge >= 0.3 is 6.18 Å². The number of fused-ring (bicyclic) bond motifs is 1. The fourth-order valence-electron chi connectivity index (χ4n) is 3.86. The number of hydrogen-bond acceptors (Lipinski definition) is 4. The highest BCUT2D eigenvalue weighted by Crippen LogP contribution is 2.28. The lowest BCUT2D eigenvalue weighted by Crippen LogP contribution is -2.47. The molecule has 1 aliphatic carbocycles. The van der Waals surface area contributed by atoms with Crippen LogP contribution >= 0.6 is 0 Å². The number of alkyl halides is 3. The van der Waals surface area contributed by atoms with E-state index in [-0.39, 0.29) is 17.6 Å². The lowest BCUT2D eigenvalue weighted by Gasteiger charge is -2.33. The summed E-state index contributed by atoms with van der Waals surface area (Å²) in [4.78, 5) is 17.6. The Morgan fingerprint density at radius 1 is 1.17 bits per heavy atom. The van der Waals surface area contributed by atoms with Gasteiger partial charge in [0.1, 0.15) is 24.2 Å². The van der Waals surface area contributed by atoms with Crippen LogP contribution in [0.15, 0.2) is 36.5 Å². The van der Waals surface area contributed by atoms with E-state index in [0.29, 0.717) is 26.3 Å². The van der Waals surface area contributed by atoms with Crippen molar-refractivity contribution < 1.29 is 27.4 Å². The maximum atomic E-state index is 12.7. The standard InChI is InChI=1S/C22H23F3N2O3/c23-22(24,25)20-8-6-17(12-26-20)21(28)27-9-10-29-19(13-27)14-30-18-7-5-15-3-1-2-4-16(15)11-18/h5-8,11-12,19H,1-4,9-10,13-14H2. The SMILES string of the molecule is O=C(c1ccc(C(F)(F)F)nc1)N1CCOC(COc2ccc3c(c2)CCCC3)C1. The topological polar surface area (TPSA) is 51.7 Å². The van der Waals surface area contributed by atoms with Gasteiger partial charge in [0.15, 0.2) is 0 Å². The van der Waals surface area contributed by atoms with Crippen molar-refractivity contribution in [2.45, 2.75) is 38.0 Å². The van der Waals surface area contributed by atoms with Crippen LogP contribution in [0.4, 0.5) is 13.2 Å². The Hall–Kier alpha value is -2.61. The van der Waals surface area contributed by atoms with Gasteiger partial charge in [-0.3, -0.25) is 9.78 Å². The van der Waals surface area contributed by atoms with Crippen molar-refractivity contribution in [2.24, 2.45) is 0 Å². The van der Waals surface area contributed by atoms with Gasteiger partial charge in [-0.25, -0.2) is 0 Å². The first-order chi connectivity index (χ1) is 14.4. The van der Waals surface area contributed by atoms with Crippen molar-refractivity contribution in [1.29, 1.82) is 0 Å². The van der Waals surface area contributed by atoms with Gasteiger partial charge in [0.25, 0.3) is 5.91 Å². The number of benzene rings is 1. The summed E-state index contributed by atoms with van der Waals surface area (Å²) in [5, 5.41) is 0. The number of carbonyl (C=O) groups excluding carboxylic acids is 1. The van der Waals surface area contributed by atoms with Crippen molar-refractivity contribution in [1.82, 2.24) is 9.88 Å². The van der Waals surface area contributed by atoms with Crippen molar-refractivity contribution in [2.75, 3.05) is 26.3 Å². The average Bonchev–Trinajstić information content (AvgIpc) is 2.77. The number of morpholine rings is 1. The summed E-state index contributed by atoms with van der Waals surface area (Å²) in [7, 11) is 0. The molecule has 5 nitrogen and oxygen atoms in total. The van der Waals surface area contributed by atoms with Crippen LogP contribution in [0.5, 0.6) is 5.75 Å². The molecule has 1 amide bonds. The molecule has 2 aromatic rings. The molecular formula is C22H23F3N2O3. The number of pyridine rings is 1. The van der Waals surface area contributed by atoms with Gasteiger partial charge < -0.3 is 14.4 Å². The second-order valence-electron chi connectivity index (χ2n) is 7.62. The lowest BCUT2D eigenvalue weighted by atomic mass is 9.92. The third-order valence-corrected chi connectivity index (χ3v) is 5.48. The summed E-state index contributed by atoms with van der Waals surface area (Å²) < 4.78 is 49.6. The second-order valence-corrected chi connectivity index (χ2v) is 7.62. The predicted molar refractivity (Wildman–Crippen MR) is 103 cm³/mol. The van der Waals surface area contributed by atoms with E-state index in [0.717, 1.165) is 36.9 Å². The first kappa shape index (κ1) is 20.7. The van der Waals surface area contributed by atoms with Crippen LogP contribution < -0.4 is 4.74 Å². The van der Waals surface area contributed by atoms with Gasteiger partial charge in [-0.2, -0.15) is 13.2 Å². The molecule has 30 heavy (non-hydrogen) atoms. The van der Waals surface area contributed by atoms with Gasteiger partial charge in [0.2, 0.25) is 0 Å². The predicted octanol–water partition coefficient (Wildman–Crippen LogP) is 3.90. The Balaban J connectivity index is 1.34. The first-order valence-electron chi connectivity index (χ1n) is 10.1. The van der Waals surface area contributed by atoms with Gasteiger partial charge in [0.05, 0.1) is 18.7 Å². The summed E-state index contributed by atoms with van der Waals surface area (Å²) in [6, 6.07) is 8.13. The molecule has 4 rings (SSSR count). The number of nitrogens with zero attached hydrogens (tertiary/aromatic N) is 2. The molecule has 1 fully saturated rings. The smallest absolute Gasteiger partial charge is 0.433 e. The third kappa shape index (κ3) is 4.75. The van der Waals surface area contributed by atoms with Crippen molar-refractivity contribution in [3.8, 4) is 5.75 Å². The van der Waals surface area contributed by atoms with E-state index in [1.165, 1.54) is 24.0 Å². The number of carbonyl (C=O) groups is 1. The van der Waals surface area contributed by atoms with E-state index >= 15 is 0 Å². The largest absolute Gasteiger partial charge is 0.491 e. The zero-order valence-corrected chi connectivity index (χ0v) is 16.5. The van der Waals surface area contributed by atoms with Crippen molar-refractivity contribution >= 4 is 5.91 Å². The second kappa shape index (κ2) is 8.63. The quantitative estimate of drug-likeness (QED) is 0.753. The zero-order valence-electron chi connectivity index (χ0n) is 16.5. The molecule has 0 spiro atoms. The molecule has 1 aliphatic heterocycles. The van der Waals surface area contributed by atoms with Crippen LogP contribution in [-0.4, -0.2) is 48.2 Å². The minimum Gasteiger partial charge on any atom is -0.491 e. The Morgan fingerprint density at radius 3 is 2.70 bits per heavy atom. The maximum Gasteiger partial charge on any atom is 0.433 e. The Kier molecular flexibility index (Phi) is 5.94. The summed E-state index contributed by atoms with van der Waals surface area (Å²) in [5.74, 6) is 0.424. The van der Waals surface area contributed by atoms with Gasteiger partial charge in [0, 0.05) is 12.7 Å². The number of ether oxygens (including phenoxy) is 2. The highest BCUT2D eigenvalue weighted by atomic mass is 19.4. The molecule has 0 bridgehead atoms. The highest BCUT2D eigenvalue weighted by Gasteiger charge is 2.33. The number of amides is 1. The molecule has 0 radical (unpaired) electrons. The molecule has 1 atom stereocenters. The van der Waals surface area contributed by atoms with Gasteiger partial charge in [-0.1, -0.05) is 6.07 Å². The van der Waals surface area contributed by atoms with Crippen LogP contribution in [0.25, 0.3) is 0 Å². The molecule has 1 unspecified atom stereocenters. The van der Waals surface area contributed by atoms with Crippen molar-refractivity contribution in [3.63, 3.8) is 0 Å².